The van der Waals surface area contributed by atoms with Gasteiger partial charge < -0.3 is 4.90 Å². The van der Waals surface area contributed by atoms with E-state index in [0.717, 1.165) is 45.6 Å². The zero-order valence-electron chi connectivity index (χ0n) is 18.4. The highest BCUT2D eigenvalue weighted by atomic mass is 32.2. The second-order valence-corrected chi connectivity index (χ2v) is 11.6. The summed E-state index contributed by atoms with van der Waals surface area (Å²) in [5.41, 5.74) is 1.29. The molecule has 4 rings (SSSR count). The van der Waals surface area contributed by atoms with Gasteiger partial charge in [-0.1, -0.05) is 42.1 Å². The molecule has 2 aliphatic heterocycles. The number of carbonyl (C=O) groups excluding carboxylic acids is 1. The summed E-state index contributed by atoms with van der Waals surface area (Å²) in [6.07, 6.45) is 3.22. The molecule has 0 N–H and O–H groups in total. The summed E-state index contributed by atoms with van der Waals surface area (Å²) in [5, 5.41) is 0.387. The fourth-order valence-corrected chi connectivity index (χ4v) is 6.46. The highest BCUT2D eigenvalue weighted by Crippen LogP contribution is 2.26. The number of hydrogen-bond acceptors (Lipinski definition) is 6. The first-order chi connectivity index (χ1) is 15.4. The molecule has 7 nitrogen and oxygen atoms in total. The molecule has 2 aromatic rings. The van der Waals surface area contributed by atoms with Crippen LogP contribution in [0.5, 0.6) is 0 Å². The van der Waals surface area contributed by atoms with Crippen molar-refractivity contribution in [1.29, 1.82) is 0 Å². The topological polar surface area (TPSA) is 73.8 Å². The lowest BCUT2D eigenvalue weighted by atomic mass is 10.2. The zero-order chi connectivity index (χ0) is 22.6. The molecule has 1 aromatic heterocycles. The van der Waals surface area contributed by atoms with Gasteiger partial charge in [0, 0.05) is 52.0 Å². The van der Waals surface area contributed by atoms with E-state index in [-0.39, 0.29) is 16.1 Å². The third-order valence-corrected chi connectivity index (χ3v) is 8.91. The summed E-state index contributed by atoms with van der Waals surface area (Å²) in [4.78, 5) is 21.8. The van der Waals surface area contributed by atoms with Gasteiger partial charge in [-0.05, 0) is 37.5 Å². The number of piperazine rings is 1. The highest BCUT2D eigenvalue weighted by Gasteiger charge is 2.28. The lowest BCUT2D eigenvalue weighted by molar-refractivity contribution is -0.132. The Morgan fingerprint density at radius 3 is 2.31 bits per heavy atom. The molecule has 0 saturated carbocycles. The second-order valence-electron chi connectivity index (χ2n) is 8.29. The standard InChI is InChI=1S/C23H30N4O3S2/c1-19(23(28)26-15-13-25(14-16-26)18-20-7-3-2-4-8-20)31-22-10-9-21(17-24-22)32(29,30)27-11-5-6-12-27/h2-4,7-10,17,19H,5-6,11-16,18H2,1H3. The molecule has 3 heterocycles. The predicted molar refractivity (Wildman–Crippen MR) is 126 cm³/mol. The average molecular weight is 475 g/mol. The quantitative estimate of drug-likeness (QED) is 0.575. The number of amides is 1. The van der Waals surface area contributed by atoms with Gasteiger partial charge in [-0.3, -0.25) is 9.69 Å². The van der Waals surface area contributed by atoms with Crippen LogP contribution in [-0.2, 0) is 21.4 Å². The lowest BCUT2D eigenvalue weighted by Crippen LogP contribution is -2.50. The van der Waals surface area contributed by atoms with E-state index in [0.29, 0.717) is 18.1 Å². The summed E-state index contributed by atoms with van der Waals surface area (Å²) >= 11 is 1.38. The normalized spacial score (nSPS) is 19.2. The SMILES string of the molecule is CC(Sc1ccc(S(=O)(=O)N2CCCC2)cn1)C(=O)N1CCN(Cc2ccccc2)CC1. The minimum Gasteiger partial charge on any atom is -0.339 e. The summed E-state index contributed by atoms with van der Waals surface area (Å²) < 4.78 is 26.8. The summed E-state index contributed by atoms with van der Waals surface area (Å²) in [6.45, 7) is 7.10. The molecule has 0 radical (unpaired) electrons. The predicted octanol–water partition coefficient (Wildman–Crippen LogP) is 2.69. The number of hydrogen-bond donors (Lipinski definition) is 0. The summed E-state index contributed by atoms with van der Waals surface area (Å²) in [5.74, 6) is 0.102. The second kappa shape index (κ2) is 10.3. The van der Waals surface area contributed by atoms with Gasteiger partial charge in [-0.2, -0.15) is 4.31 Å². The Kier molecular flexibility index (Phi) is 7.50. The third-order valence-electron chi connectivity index (χ3n) is 5.99. The van der Waals surface area contributed by atoms with Gasteiger partial charge in [0.15, 0.2) is 0 Å². The van der Waals surface area contributed by atoms with Gasteiger partial charge in [0.25, 0.3) is 0 Å². The first-order valence-corrected chi connectivity index (χ1v) is 13.4. The van der Waals surface area contributed by atoms with E-state index in [2.05, 4.69) is 34.1 Å². The van der Waals surface area contributed by atoms with E-state index in [9.17, 15) is 13.2 Å². The maximum atomic E-state index is 12.9. The molecule has 1 aromatic carbocycles. The highest BCUT2D eigenvalue weighted by molar-refractivity contribution is 8.00. The molecule has 2 fully saturated rings. The van der Waals surface area contributed by atoms with Crippen molar-refractivity contribution in [3.05, 3.63) is 54.2 Å². The Morgan fingerprint density at radius 2 is 1.69 bits per heavy atom. The van der Waals surface area contributed by atoms with Crippen molar-refractivity contribution in [2.45, 2.75) is 41.5 Å². The fourth-order valence-electron chi connectivity index (χ4n) is 4.12. The number of benzene rings is 1. The van der Waals surface area contributed by atoms with E-state index in [4.69, 9.17) is 0 Å². The van der Waals surface area contributed by atoms with Crippen molar-refractivity contribution in [3.63, 3.8) is 0 Å². The van der Waals surface area contributed by atoms with E-state index >= 15 is 0 Å². The number of sulfonamides is 1. The van der Waals surface area contributed by atoms with Crippen molar-refractivity contribution >= 4 is 27.7 Å². The van der Waals surface area contributed by atoms with Gasteiger partial charge >= 0.3 is 0 Å². The van der Waals surface area contributed by atoms with Crippen LogP contribution in [0.2, 0.25) is 0 Å². The van der Waals surface area contributed by atoms with E-state index in [1.54, 1.807) is 12.1 Å². The number of rotatable bonds is 7. The van der Waals surface area contributed by atoms with Crippen molar-refractivity contribution < 1.29 is 13.2 Å². The number of nitrogens with zero attached hydrogens (tertiary/aromatic N) is 4. The lowest BCUT2D eigenvalue weighted by Gasteiger charge is -2.35. The Bertz CT molecular complexity index is 1000. The van der Waals surface area contributed by atoms with Gasteiger partial charge in [-0.25, -0.2) is 13.4 Å². The van der Waals surface area contributed by atoms with Crippen LogP contribution < -0.4 is 0 Å². The monoisotopic (exact) mass is 474 g/mol. The molecular formula is C23H30N4O3S2. The van der Waals surface area contributed by atoms with E-state index in [1.165, 1.54) is 27.8 Å². The van der Waals surface area contributed by atoms with Crippen molar-refractivity contribution in [1.82, 2.24) is 19.1 Å². The van der Waals surface area contributed by atoms with Crippen molar-refractivity contribution in [3.8, 4) is 0 Å². The van der Waals surface area contributed by atoms with Gasteiger partial charge in [0.2, 0.25) is 15.9 Å². The smallest absolute Gasteiger partial charge is 0.244 e. The number of thioether (sulfide) groups is 1. The molecule has 9 heteroatoms. The summed E-state index contributed by atoms with van der Waals surface area (Å²) in [6, 6.07) is 13.7. The van der Waals surface area contributed by atoms with Crippen LogP contribution in [0.1, 0.15) is 25.3 Å². The first-order valence-electron chi connectivity index (χ1n) is 11.1. The number of carbonyl (C=O) groups is 1. The van der Waals surface area contributed by atoms with E-state index in [1.807, 2.05) is 17.9 Å². The maximum Gasteiger partial charge on any atom is 0.244 e. The molecular weight excluding hydrogens is 444 g/mol. The Morgan fingerprint density at radius 1 is 1.00 bits per heavy atom. The van der Waals surface area contributed by atoms with E-state index < -0.39 is 10.0 Å². The van der Waals surface area contributed by atoms with Crippen molar-refractivity contribution in [2.75, 3.05) is 39.3 Å². The van der Waals surface area contributed by atoms with Crippen LogP contribution in [0, 0.1) is 0 Å². The molecule has 172 valence electrons. The van der Waals surface area contributed by atoms with Gasteiger partial charge in [0.1, 0.15) is 4.90 Å². The van der Waals surface area contributed by atoms with Crippen LogP contribution in [0.15, 0.2) is 58.6 Å². The molecule has 2 aliphatic rings. The fraction of sp³-hybridized carbons (Fsp3) is 0.478. The van der Waals surface area contributed by atoms with Crippen LogP contribution >= 0.6 is 11.8 Å². The minimum atomic E-state index is -3.46. The third kappa shape index (κ3) is 5.51. The Hall–Kier alpha value is -1.94. The van der Waals surface area contributed by atoms with Crippen LogP contribution in [0.3, 0.4) is 0 Å². The largest absolute Gasteiger partial charge is 0.339 e. The van der Waals surface area contributed by atoms with Crippen LogP contribution in [0.4, 0.5) is 0 Å². The molecule has 0 aliphatic carbocycles. The summed E-state index contributed by atoms with van der Waals surface area (Å²) in [7, 11) is -3.46. The number of aromatic nitrogens is 1. The molecule has 2 saturated heterocycles. The maximum absolute atomic E-state index is 12.9. The Labute approximate surface area is 194 Å². The molecule has 1 atom stereocenters. The van der Waals surface area contributed by atoms with Gasteiger partial charge in [-0.15, -0.1) is 0 Å². The molecule has 0 spiro atoms. The van der Waals surface area contributed by atoms with Crippen LogP contribution in [0.25, 0.3) is 0 Å². The molecule has 1 unspecified atom stereocenters. The molecule has 0 bridgehead atoms. The zero-order valence-corrected chi connectivity index (χ0v) is 20.0. The van der Waals surface area contributed by atoms with Crippen LogP contribution in [-0.4, -0.2) is 77.9 Å². The molecule has 32 heavy (non-hydrogen) atoms. The van der Waals surface area contributed by atoms with Gasteiger partial charge in [0.05, 0.1) is 10.3 Å². The first kappa shape index (κ1) is 23.2. The Balaban J connectivity index is 1.28. The van der Waals surface area contributed by atoms with Crippen molar-refractivity contribution in [2.24, 2.45) is 0 Å². The average Bonchev–Trinajstić information content (AvgIpc) is 3.36. The number of pyridine rings is 1. The minimum absolute atomic E-state index is 0.102. The molecule has 1 amide bonds.